The molecule has 5 nitrogen and oxygen atoms in total. The minimum atomic E-state index is -0.434. The van der Waals surface area contributed by atoms with Crippen LogP contribution in [0.1, 0.15) is 22.1 Å². The van der Waals surface area contributed by atoms with E-state index in [0.29, 0.717) is 16.6 Å². The number of carbonyl (C=O) groups is 1. The highest BCUT2D eigenvalue weighted by atomic mass is 35.5. The molecule has 0 aliphatic rings. The first-order valence-corrected chi connectivity index (χ1v) is 5.31. The zero-order valence-corrected chi connectivity index (χ0v) is 10.1. The molecule has 0 radical (unpaired) electrons. The number of aromatic nitrogens is 2. The van der Waals surface area contributed by atoms with Gasteiger partial charge in [0.05, 0.1) is 0 Å². The van der Waals surface area contributed by atoms with Crippen molar-refractivity contribution in [1.82, 2.24) is 10.2 Å². The van der Waals surface area contributed by atoms with Crippen molar-refractivity contribution in [2.75, 3.05) is 5.32 Å². The van der Waals surface area contributed by atoms with Gasteiger partial charge in [0.2, 0.25) is 5.89 Å². The fourth-order valence-corrected chi connectivity index (χ4v) is 1.56. The second-order valence-corrected chi connectivity index (χ2v) is 3.98. The third kappa shape index (κ3) is 2.62. The molecular weight excluding hydrogens is 242 g/mol. The van der Waals surface area contributed by atoms with Crippen molar-refractivity contribution >= 4 is 23.2 Å². The summed E-state index contributed by atoms with van der Waals surface area (Å²) in [4.78, 5) is 11.7. The van der Waals surface area contributed by atoms with Crippen LogP contribution in [0.3, 0.4) is 0 Å². The number of carbonyl (C=O) groups excluding carboxylic acids is 1. The minimum absolute atomic E-state index is 0.0585. The molecule has 0 atom stereocenters. The van der Waals surface area contributed by atoms with Gasteiger partial charge >= 0.3 is 11.8 Å². The lowest BCUT2D eigenvalue weighted by Gasteiger charge is -2.06. The molecule has 0 fully saturated rings. The summed E-state index contributed by atoms with van der Waals surface area (Å²) in [6, 6.07) is 5.18. The molecule has 6 heteroatoms. The third-order valence-electron chi connectivity index (χ3n) is 2.16. The molecule has 1 amide bonds. The highest BCUT2D eigenvalue weighted by Gasteiger charge is 2.14. The second-order valence-electron chi connectivity index (χ2n) is 3.54. The predicted octanol–water partition coefficient (Wildman–Crippen LogP) is 2.59. The Bertz CT molecular complexity index is 566. The first kappa shape index (κ1) is 11.6. The molecule has 0 bridgehead atoms. The Labute approximate surface area is 103 Å². The fourth-order valence-electron chi connectivity index (χ4n) is 1.33. The molecule has 0 aliphatic heterocycles. The Morgan fingerprint density at radius 3 is 2.71 bits per heavy atom. The van der Waals surface area contributed by atoms with E-state index in [1.165, 1.54) is 0 Å². The van der Waals surface area contributed by atoms with Crippen molar-refractivity contribution in [2.24, 2.45) is 0 Å². The molecule has 0 unspecified atom stereocenters. The van der Waals surface area contributed by atoms with Gasteiger partial charge in [0.1, 0.15) is 0 Å². The number of hydrogen-bond acceptors (Lipinski definition) is 4. The molecule has 1 heterocycles. The second kappa shape index (κ2) is 4.55. The standard InChI is InChI=1S/C11H10ClN3O2/c1-6-5-8(12)3-4-9(6)13-10(16)11-15-14-7(2)17-11/h3-5H,1-2H3,(H,13,16). The highest BCUT2D eigenvalue weighted by molar-refractivity contribution is 6.30. The normalized spacial score (nSPS) is 10.3. The molecule has 1 aromatic heterocycles. The van der Waals surface area contributed by atoms with Crippen LogP contribution in [0.4, 0.5) is 5.69 Å². The van der Waals surface area contributed by atoms with Gasteiger partial charge in [-0.25, -0.2) is 0 Å². The van der Waals surface area contributed by atoms with Crippen LogP contribution in [0.15, 0.2) is 22.6 Å². The Morgan fingerprint density at radius 1 is 1.35 bits per heavy atom. The van der Waals surface area contributed by atoms with Crippen LogP contribution in [0, 0.1) is 13.8 Å². The lowest BCUT2D eigenvalue weighted by Crippen LogP contribution is -2.13. The molecule has 17 heavy (non-hydrogen) atoms. The van der Waals surface area contributed by atoms with Gasteiger partial charge in [-0.05, 0) is 30.7 Å². The van der Waals surface area contributed by atoms with Crippen molar-refractivity contribution in [3.05, 3.63) is 40.6 Å². The number of amides is 1. The van der Waals surface area contributed by atoms with Gasteiger partial charge in [0.25, 0.3) is 0 Å². The number of nitrogens with zero attached hydrogens (tertiary/aromatic N) is 2. The summed E-state index contributed by atoms with van der Waals surface area (Å²) in [5, 5.41) is 10.5. The number of benzene rings is 1. The number of halogens is 1. The van der Waals surface area contributed by atoms with Crippen LogP contribution in [-0.4, -0.2) is 16.1 Å². The molecule has 88 valence electrons. The van der Waals surface area contributed by atoms with Gasteiger partial charge in [-0.15, -0.1) is 10.2 Å². The summed E-state index contributed by atoms with van der Waals surface area (Å²) >= 11 is 5.82. The molecule has 2 aromatic rings. The van der Waals surface area contributed by atoms with Gasteiger partial charge in [0.15, 0.2) is 0 Å². The molecule has 0 aliphatic carbocycles. The molecule has 2 rings (SSSR count). The number of rotatable bonds is 2. The van der Waals surface area contributed by atoms with Crippen LogP contribution < -0.4 is 5.32 Å². The number of nitrogens with one attached hydrogen (secondary N) is 1. The van der Waals surface area contributed by atoms with Gasteiger partial charge < -0.3 is 9.73 Å². The lowest BCUT2D eigenvalue weighted by molar-refractivity contribution is 0.0989. The van der Waals surface area contributed by atoms with Crippen molar-refractivity contribution < 1.29 is 9.21 Å². The molecule has 0 spiro atoms. The van der Waals surface area contributed by atoms with Crippen molar-refractivity contribution in [2.45, 2.75) is 13.8 Å². The van der Waals surface area contributed by atoms with Crippen molar-refractivity contribution in [1.29, 1.82) is 0 Å². The van der Waals surface area contributed by atoms with Crippen molar-refractivity contribution in [3.8, 4) is 0 Å². The first-order chi connectivity index (χ1) is 8.06. The van der Waals surface area contributed by atoms with Crippen LogP contribution >= 0.6 is 11.6 Å². The quantitative estimate of drug-likeness (QED) is 0.891. The van der Waals surface area contributed by atoms with E-state index in [2.05, 4.69) is 15.5 Å². The molecule has 1 aromatic carbocycles. The van der Waals surface area contributed by atoms with E-state index in [-0.39, 0.29) is 5.89 Å². The van der Waals surface area contributed by atoms with E-state index in [9.17, 15) is 4.79 Å². The number of aryl methyl sites for hydroxylation is 2. The maximum absolute atomic E-state index is 11.7. The smallest absolute Gasteiger partial charge is 0.313 e. The Hall–Kier alpha value is -1.88. The van der Waals surface area contributed by atoms with Crippen molar-refractivity contribution in [3.63, 3.8) is 0 Å². The van der Waals surface area contributed by atoms with Gasteiger partial charge in [-0.2, -0.15) is 0 Å². The Kier molecular flexibility index (Phi) is 3.10. The first-order valence-electron chi connectivity index (χ1n) is 4.94. The zero-order valence-electron chi connectivity index (χ0n) is 9.32. The predicted molar refractivity (Wildman–Crippen MR) is 63.2 cm³/mol. The maximum Gasteiger partial charge on any atom is 0.313 e. The summed E-state index contributed by atoms with van der Waals surface area (Å²) in [6.07, 6.45) is 0. The van der Waals surface area contributed by atoms with E-state index in [4.69, 9.17) is 16.0 Å². The average Bonchev–Trinajstić information content (AvgIpc) is 2.69. The van der Waals surface area contributed by atoms with E-state index in [1.807, 2.05) is 6.92 Å². The summed E-state index contributed by atoms with van der Waals surface area (Å²) < 4.78 is 5.02. The highest BCUT2D eigenvalue weighted by Crippen LogP contribution is 2.20. The molecular formula is C11H10ClN3O2. The monoisotopic (exact) mass is 251 g/mol. The zero-order chi connectivity index (χ0) is 12.4. The fraction of sp³-hybridized carbons (Fsp3) is 0.182. The Balaban J connectivity index is 2.18. The van der Waals surface area contributed by atoms with E-state index in [1.54, 1.807) is 25.1 Å². The molecule has 0 saturated carbocycles. The van der Waals surface area contributed by atoms with Gasteiger partial charge in [-0.1, -0.05) is 11.6 Å². The van der Waals surface area contributed by atoms with Crippen LogP contribution in [0.2, 0.25) is 5.02 Å². The van der Waals surface area contributed by atoms with Crippen LogP contribution in [0.25, 0.3) is 0 Å². The average molecular weight is 252 g/mol. The largest absolute Gasteiger partial charge is 0.417 e. The topological polar surface area (TPSA) is 68.0 Å². The number of hydrogen-bond donors (Lipinski definition) is 1. The summed E-state index contributed by atoms with van der Waals surface area (Å²) in [5.41, 5.74) is 1.53. The van der Waals surface area contributed by atoms with Gasteiger partial charge in [-0.3, -0.25) is 4.79 Å². The minimum Gasteiger partial charge on any atom is -0.417 e. The Morgan fingerprint density at radius 2 is 2.12 bits per heavy atom. The van der Waals surface area contributed by atoms with E-state index < -0.39 is 5.91 Å². The lowest BCUT2D eigenvalue weighted by atomic mass is 10.2. The van der Waals surface area contributed by atoms with E-state index in [0.717, 1.165) is 5.56 Å². The summed E-state index contributed by atoms with van der Waals surface area (Å²) in [5.74, 6) is -0.143. The maximum atomic E-state index is 11.7. The molecule has 1 N–H and O–H groups in total. The van der Waals surface area contributed by atoms with E-state index >= 15 is 0 Å². The summed E-state index contributed by atoms with van der Waals surface area (Å²) in [7, 11) is 0. The van der Waals surface area contributed by atoms with Gasteiger partial charge in [0, 0.05) is 17.6 Å². The summed E-state index contributed by atoms with van der Waals surface area (Å²) in [6.45, 7) is 3.47. The van der Waals surface area contributed by atoms with Crippen LogP contribution in [0.5, 0.6) is 0 Å². The third-order valence-corrected chi connectivity index (χ3v) is 2.39. The number of anilines is 1. The van der Waals surface area contributed by atoms with Crippen LogP contribution in [-0.2, 0) is 0 Å². The molecule has 0 saturated heterocycles. The SMILES string of the molecule is Cc1nnc(C(=O)Nc2ccc(Cl)cc2C)o1.